The zero-order chi connectivity index (χ0) is 9.56. The SMILES string of the molecule is CCC(C)CCC(C)CC(=O)O. The minimum Gasteiger partial charge on any atom is -0.481 e. The lowest BCUT2D eigenvalue weighted by molar-refractivity contribution is -0.138. The molecule has 0 fully saturated rings. The van der Waals surface area contributed by atoms with Crippen molar-refractivity contribution in [2.24, 2.45) is 11.8 Å². The largest absolute Gasteiger partial charge is 0.481 e. The van der Waals surface area contributed by atoms with Crippen LogP contribution in [0.4, 0.5) is 0 Å². The number of hydrogen-bond acceptors (Lipinski definition) is 1. The van der Waals surface area contributed by atoms with E-state index in [2.05, 4.69) is 13.8 Å². The molecule has 0 aliphatic carbocycles. The van der Waals surface area contributed by atoms with Crippen LogP contribution in [0.15, 0.2) is 0 Å². The number of carboxylic acids is 1. The molecule has 2 heteroatoms. The molecule has 0 aromatic carbocycles. The van der Waals surface area contributed by atoms with Crippen LogP contribution >= 0.6 is 0 Å². The summed E-state index contributed by atoms with van der Waals surface area (Å²) in [5.74, 6) is 0.393. The van der Waals surface area contributed by atoms with Crippen LogP contribution in [-0.4, -0.2) is 11.1 Å². The first-order valence-corrected chi connectivity index (χ1v) is 4.78. The smallest absolute Gasteiger partial charge is 0.303 e. The van der Waals surface area contributed by atoms with Crippen LogP contribution in [0.3, 0.4) is 0 Å². The molecule has 0 aromatic heterocycles. The van der Waals surface area contributed by atoms with Gasteiger partial charge in [0.1, 0.15) is 0 Å². The summed E-state index contributed by atoms with van der Waals surface area (Å²) in [6.45, 7) is 6.40. The molecular formula is C10H20O2. The average Bonchev–Trinajstić information content (AvgIpc) is 1.99. The van der Waals surface area contributed by atoms with Crippen LogP contribution in [0.2, 0.25) is 0 Å². The Kier molecular flexibility index (Phi) is 5.77. The van der Waals surface area contributed by atoms with Crippen molar-refractivity contribution in [3.8, 4) is 0 Å². The fraction of sp³-hybridized carbons (Fsp3) is 0.900. The van der Waals surface area contributed by atoms with Crippen LogP contribution in [0, 0.1) is 11.8 Å². The van der Waals surface area contributed by atoms with Gasteiger partial charge in [-0.1, -0.05) is 33.6 Å². The minimum absolute atomic E-state index is 0.316. The highest BCUT2D eigenvalue weighted by Gasteiger charge is 2.08. The Hall–Kier alpha value is -0.530. The highest BCUT2D eigenvalue weighted by atomic mass is 16.4. The third-order valence-electron chi connectivity index (χ3n) is 2.37. The summed E-state index contributed by atoms with van der Waals surface area (Å²) in [5, 5.41) is 8.51. The number of rotatable bonds is 6. The minimum atomic E-state index is -0.674. The van der Waals surface area contributed by atoms with E-state index >= 15 is 0 Å². The van der Waals surface area contributed by atoms with Gasteiger partial charge in [0.2, 0.25) is 0 Å². The average molecular weight is 172 g/mol. The third-order valence-corrected chi connectivity index (χ3v) is 2.37. The predicted molar refractivity (Wildman–Crippen MR) is 50.1 cm³/mol. The second kappa shape index (κ2) is 6.04. The molecule has 0 aliphatic rings. The molecule has 0 saturated heterocycles. The first kappa shape index (κ1) is 11.5. The van der Waals surface area contributed by atoms with E-state index in [4.69, 9.17) is 5.11 Å². The van der Waals surface area contributed by atoms with Gasteiger partial charge in [0.05, 0.1) is 0 Å². The van der Waals surface area contributed by atoms with Gasteiger partial charge in [0, 0.05) is 6.42 Å². The highest BCUT2D eigenvalue weighted by molar-refractivity contribution is 5.66. The van der Waals surface area contributed by atoms with Crippen molar-refractivity contribution in [2.75, 3.05) is 0 Å². The van der Waals surface area contributed by atoms with E-state index in [0.717, 1.165) is 18.8 Å². The van der Waals surface area contributed by atoms with Gasteiger partial charge >= 0.3 is 5.97 Å². The van der Waals surface area contributed by atoms with Crippen molar-refractivity contribution in [1.82, 2.24) is 0 Å². The molecule has 0 saturated carbocycles. The fourth-order valence-electron chi connectivity index (χ4n) is 1.17. The van der Waals surface area contributed by atoms with Gasteiger partial charge in [-0.25, -0.2) is 0 Å². The van der Waals surface area contributed by atoms with Crippen LogP contribution in [0.25, 0.3) is 0 Å². The summed E-state index contributed by atoms with van der Waals surface area (Å²) in [7, 11) is 0. The van der Waals surface area contributed by atoms with Gasteiger partial charge in [-0.15, -0.1) is 0 Å². The van der Waals surface area contributed by atoms with E-state index in [1.54, 1.807) is 0 Å². The van der Waals surface area contributed by atoms with E-state index in [9.17, 15) is 4.79 Å². The lowest BCUT2D eigenvalue weighted by Gasteiger charge is -2.11. The Morgan fingerprint density at radius 2 is 1.75 bits per heavy atom. The molecule has 2 unspecified atom stereocenters. The summed E-state index contributed by atoms with van der Waals surface area (Å²) in [6.07, 6.45) is 3.71. The van der Waals surface area contributed by atoms with Crippen molar-refractivity contribution < 1.29 is 9.90 Å². The summed E-state index contributed by atoms with van der Waals surface area (Å²) in [5.41, 5.74) is 0. The lowest BCUT2D eigenvalue weighted by Crippen LogP contribution is -2.05. The number of carbonyl (C=O) groups is 1. The van der Waals surface area contributed by atoms with Gasteiger partial charge in [0.25, 0.3) is 0 Å². The van der Waals surface area contributed by atoms with Crippen molar-refractivity contribution in [3.05, 3.63) is 0 Å². The van der Waals surface area contributed by atoms with Crippen molar-refractivity contribution >= 4 is 5.97 Å². The molecule has 0 bridgehead atoms. The second-order valence-electron chi connectivity index (χ2n) is 3.79. The molecule has 0 aliphatic heterocycles. The molecule has 0 rings (SSSR count). The zero-order valence-corrected chi connectivity index (χ0v) is 8.34. The summed E-state index contributed by atoms with van der Waals surface area (Å²) < 4.78 is 0. The van der Waals surface area contributed by atoms with E-state index < -0.39 is 5.97 Å². The Morgan fingerprint density at radius 1 is 1.25 bits per heavy atom. The second-order valence-corrected chi connectivity index (χ2v) is 3.79. The molecule has 2 nitrogen and oxygen atoms in total. The lowest BCUT2D eigenvalue weighted by atomic mass is 9.95. The van der Waals surface area contributed by atoms with Gasteiger partial charge in [-0.2, -0.15) is 0 Å². The Balaban J connectivity index is 3.43. The Labute approximate surface area is 75.0 Å². The van der Waals surface area contributed by atoms with Gasteiger partial charge in [-0.05, 0) is 18.3 Å². The normalized spacial score (nSPS) is 15.6. The van der Waals surface area contributed by atoms with Crippen LogP contribution in [-0.2, 0) is 4.79 Å². The maximum absolute atomic E-state index is 10.3. The standard InChI is InChI=1S/C10H20O2/c1-4-8(2)5-6-9(3)7-10(11)12/h8-9H,4-7H2,1-3H3,(H,11,12). The van der Waals surface area contributed by atoms with E-state index in [1.807, 2.05) is 6.92 Å². The zero-order valence-electron chi connectivity index (χ0n) is 8.34. The molecule has 2 atom stereocenters. The molecular weight excluding hydrogens is 152 g/mol. The monoisotopic (exact) mass is 172 g/mol. The topological polar surface area (TPSA) is 37.3 Å². The molecule has 72 valence electrons. The van der Waals surface area contributed by atoms with E-state index in [1.165, 1.54) is 6.42 Å². The van der Waals surface area contributed by atoms with Crippen molar-refractivity contribution in [2.45, 2.75) is 46.5 Å². The fourth-order valence-corrected chi connectivity index (χ4v) is 1.17. The molecule has 0 heterocycles. The summed E-state index contributed by atoms with van der Waals surface area (Å²) in [4.78, 5) is 10.3. The Bertz CT molecular complexity index is 132. The van der Waals surface area contributed by atoms with Gasteiger partial charge < -0.3 is 5.11 Å². The first-order chi connectivity index (χ1) is 5.56. The first-order valence-electron chi connectivity index (χ1n) is 4.78. The van der Waals surface area contributed by atoms with Gasteiger partial charge in [0.15, 0.2) is 0 Å². The number of carboxylic acid groups (broad SMARTS) is 1. The summed E-state index contributed by atoms with van der Waals surface area (Å²) in [6, 6.07) is 0. The van der Waals surface area contributed by atoms with Crippen LogP contribution in [0.1, 0.15) is 46.5 Å². The van der Waals surface area contributed by atoms with Crippen molar-refractivity contribution in [1.29, 1.82) is 0 Å². The molecule has 0 radical (unpaired) electrons. The maximum Gasteiger partial charge on any atom is 0.303 e. The van der Waals surface area contributed by atoms with Gasteiger partial charge in [-0.3, -0.25) is 4.79 Å². The molecule has 12 heavy (non-hydrogen) atoms. The predicted octanol–water partition coefficient (Wildman–Crippen LogP) is 2.92. The maximum atomic E-state index is 10.3. The molecule has 1 N–H and O–H groups in total. The summed E-state index contributed by atoms with van der Waals surface area (Å²) >= 11 is 0. The van der Waals surface area contributed by atoms with Crippen LogP contribution < -0.4 is 0 Å². The van der Waals surface area contributed by atoms with E-state index in [0.29, 0.717) is 12.3 Å². The van der Waals surface area contributed by atoms with E-state index in [-0.39, 0.29) is 0 Å². The molecule has 0 aromatic rings. The van der Waals surface area contributed by atoms with Crippen LogP contribution in [0.5, 0.6) is 0 Å². The highest BCUT2D eigenvalue weighted by Crippen LogP contribution is 2.16. The number of aliphatic carboxylic acids is 1. The molecule has 0 amide bonds. The van der Waals surface area contributed by atoms with Crippen molar-refractivity contribution in [3.63, 3.8) is 0 Å². The number of hydrogen-bond donors (Lipinski definition) is 1. The molecule has 0 spiro atoms. The quantitative estimate of drug-likeness (QED) is 0.668. The third kappa shape index (κ3) is 6.20. The Morgan fingerprint density at radius 3 is 2.17 bits per heavy atom.